The normalized spacial score (nSPS) is 42.3. The number of ether oxygens (including phenoxy) is 2. The summed E-state index contributed by atoms with van der Waals surface area (Å²) < 4.78 is 10.5. The lowest BCUT2D eigenvalue weighted by atomic mass is 9.46. The number of esters is 2. The largest absolute Gasteiger partial charge is 0.463 e. The van der Waals surface area contributed by atoms with Gasteiger partial charge < -0.3 is 9.47 Å². The third-order valence-corrected chi connectivity index (χ3v) is 9.14. The molecule has 0 heterocycles. The molecule has 0 aromatic carbocycles. The van der Waals surface area contributed by atoms with Crippen LogP contribution in [0.3, 0.4) is 0 Å². The lowest BCUT2D eigenvalue weighted by molar-refractivity contribution is -0.192. The summed E-state index contributed by atoms with van der Waals surface area (Å²) in [5, 5.41) is 0. The Morgan fingerprint density at radius 1 is 1.00 bits per heavy atom. The number of ketones is 2. The third-order valence-electron chi connectivity index (χ3n) is 9.14. The lowest BCUT2D eigenvalue weighted by Gasteiger charge is -2.59. The predicted octanol–water partition coefficient (Wildman–Crippen LogP) is 3.56. The van der Waals surface area contributed by atoms with E-state index < -0.39 is 28.7 Å². The highest BCUT2D eigenvalue weighted by Gasteiger charge is 2.69. The molecule has 4 rings (SSSR count). The Balaban J connectivity index is 1.72. The van der Waals surface area contributed by atoms with Gasteiger partial charge in [-0.1, -0.05) is 19.4 Å². The third kappa shape index (κ3) is 2.75. The Bertz CT molecular complexity index is 843. The molecule has 6 atom stereocenters. The minimum absolute atomic E-state index is 0.0250. The number of hydrogen-bond acceptors (Lipinski definition) is 6. The van der Waals surface area contributed by atoms with E-state index in [2.05, 4.69) is 6.92 Å². The van der Waals surface area contributed by atoms with Crippen LogP contribution in [0.5, 0.6) is 0 Å². The van der Waals surface area contributed by atoms with Gasteiger partial charge in [0.15, 0.2) is 11.4 Å². The standard InChI is InChI=1S/C24H32O6/c1-14(25)30-24(20(27)21(28)29-4)12-9-19-17-6-5-15-13-16(26)7-10-22(15,2)18(17)8-11-23(19,24)3/h13,17-19H,5-12H2,1-4H3/t17-,18+,19+,22+,23+,24+/m1/s1. The fraction of sp³-hybridized carbons (Fsp3) is 0.750. The Hall–Kier alpha value is -1.98. The maximum absolute atomic E-state index is 13.2. The van der Waals surface area contributed by atoms with Crippen LogP contribution in [0.4, 0.5) is 0 Å². The number of carbonyl (C=O) groups is 4. The van der Waals surface area contributed by atoms with Crippen LogP contribution >= 0.6 is 0 Å². The number of allylic oxidation sites excluding steroid dienone is 1. The van der Waals surface area contributed by atoms with E-state index in [1.54, 1.807) is 0 Å². The highest BCUT2D eigenvalue weighted by atomic mass is 16.6. The van der Waals surface area contributed by atoms with Crippen molar-refractivity contribution in [2.75, 3.05) is 7.11 Å². The van der Waals surface area contributed by atoms with Gasteiger partial charge in [-0.25, -0.2) is 4.79 Å². The molecule has 164 valence electrons. The van der Waals surface area contributed by atoms with Crippen LogP contribution in [0.15, 0.2) is 11.6 Å². The first-order chi connectivity index (χ1) is 14.1. The molecular formula is C24H32O6. The second-order valence-corrected chi connectivity index (χ2v) is 10.2. The van der Waals surface area contributed by atoms with Crippen molar-refractivity contribution in [2.24, 2.45) is 28.6 Å². The SMILES string of the molecule is COC(=O)C(=O)[C@@]1(OC(C)=O)CC[C@H]2[C@@H]3CCC4=CC(=O)CC[C@]4(C)[C@H]3CC[C@@]21C. The summed E-state index contributed by atoms with van der Waals surface area (Å²) in [7, 11) is 1.19. The first-order valence-corrected chi connectivity index (χ1v) is 11.2. The van der Waals surface area contributed by atoms with Crippen molar-refractivity contribution >= 4 is 23.5 Å². The van der Waals surface area contributed by atoms with Crippen molar-refractivity contribution in [1.29, 1.82) is 0 Å². The molecule has 4 aliphatic carbocycles. The molecule has 0 unspecified atom stereocenters. The fourth-order valence-electron chi connectivity index (χ4n) is 7.65. The highest BCUT2D eigenvalue weighted by molar-refractivity contribution is 6.37. The second-order valence-electron chi connectivity index (χ2n) is 10.2. The van der Waals surface area contributed by atoms with E-state index in [1.807, 2.05) is 13.0 Å². The number of carbonyl (C=O) groups excluding carboxylic acids is 4. The van der Waals surface area contributed by atoms with Crippen LogP contribution in [0.25, 0.3) is 0 Å². The smallest absolute Gasteiger partial charge is 0.378 e. The average Bonchev–Trinajstić information content (AvgIpc) is 3.00. The van der Waals surface area contributed by atoms with Gasteiger partial charge in [0.1, 0.15) is 0 Å². The Kier molecular flexibility index (Phi) is 4.98. The van der Waals surface area contributed by atoms with E-state index in [-0.39, 0.29) is 17.1 Å². The molecule has 0 saturated heterocycles. The van der Waals surface area contributed by atoms with E-state index >= 15 is 0 Å². The summed E-state index contributed by atoms with van der Waals surface area (Å²) in [6, 6.07) is 0. The summed E-state index contributed by atoms with van der Waals surface area (Å²) >= 11 is 0. The van der Waals surface area contributed by atoms with Crippen molar-refractivity contribution in [3.8, 4) is 0 Å². The molecule has 6 heteroatoms. The zero-order valence-corrected chi connectivity index (χ0v) is 18.4. The summed E-state index contributed by atoms with van der Waals surface area (Å²) in [5.74, 6) is -0.934. The molecule has 0 radical (unpaired) electrons. The minimum atomic E-state index is -1.44. The van der Waals surface area contributed by atoms with Gasteiger partial charge in [0.2, 0.25) is 0 Å². The molecule has 3 saturated carbocycles. The summed E-state index contributed by atoms with van der Waals surface area (Å²) in [5.41, 5.74) is -0.718. The van der Waals surface area contributed by atoms with Crippen molar-refractivity contribution in [3.05, 3.63) is 11.6 Å². The molecule has 3 fully saturated rings. The fourth-order valence-corrected chi connectivity index (χ4v) is 7.65. The second kappa shape index (κ2) is 7.03. The van der Waals surface area contributed by atoms with Gasteiger partial charge in [0.25, 0.3) is 5.78 Å². The van der Waals surface area contributed by atoms with Crippen molar-refractivity contribution < 1.29 is 28.7 Å². The van der Waals surface area contributed by atoms with Crippen molar-refractivity contribution in [2.45, 2.75) is 77.7 Å². The van der Waals surface area contributed by atoms with E-state index in [0.29, 0.717) is 31.1 Å². The van der Waals surface area contributed by atoms with E-state index in [4.69, 9.17) is 9.47 Å². The lowest BCUT2D eigenvalue weighted by Crippen LogP contribution is -2.60. The predicted molar refractivity (Wildman–Crippen MR) is 108 cm³/mol. The van der Waals surface area contributed by atoms with Crippen molar-refractivity contribution in [3.63, 3.8) is 0 Å². The Morgan fingerprint density at radius 3 is 2.37 bits per heavy atom. The number of fused-ring (bicyclic) bond motifs is 5. The molecule has 0 bridgehead atoms. The molecule has 0 amide bonds. The number of hydrogen-bond donors (Lipinski definition) is 0. The first-order valence-electron chi connectivity index (χ1n) is 11.2. The number of rotatable bonds is 3. The Labute approximate surface area is 177 Å². The molecule has 30 heavy (non-hydrogen) atoms. The molecule has 6 nitrogen and oxygen atoms in total. The molecule has 0 aromatic rings. The van der Waals surface area contributed by atoms with E-state index in [1.165, 1.54) is 19.6 Å². The maximum Gasteiger partial charge on any atom is 0.378 e. The van der Waals surface area contributed by atoms with E-state index in [0.717, 1.165) is 32.1 Å². The zero-order chi connectivity index (χ0) is 21.9. The molecule has 0 spiro atoms. The zero-order valence-electron chi connectivity index (χ0n) is 18.4. The molecule has 0 N–H and O–H groups in total. The minimum Gasteiger partial charge on any atom is -0.463 e. The molecule has 0 aromatic heterocycles. The number of methoxy groups -OCH3 is 1. The average molecular weight is 417 g/mol. The quantitative estimate of drug-likeness (QED) is 0.516. The Morgan fingerprint density at radius 2 is 1.70 bits per heavy atom. The summed E-state index contributed by atoms with van der Waals surface area (Å²) in [6.07, 6.45) is 7.98. The summed E-state index contributed by atoms with van der Waals surface area (Å²) in [4.78, 5) is 49.5. The van der Waals surface area contributed by atoms with Gasteiger partial charge in [-0.15, -0.1) is 0 Å². The van der Waals surface area contributed by atoms with Gasteiger partial charge in [-0.05, 0) is 74.2 Å². The van der Waals surface area contributed by atoms with Gasteiger partial charge >= 0.3 is 11.9 Å². The number of Topliss-reactive ketones (excluding diaryl/α,β-unsaturated/α-hetero) is 1. The maximum atomic E-state index is 13.2. The molecule has 0 aliphatic heterocycles. The van der Waals surface area contributed by atoms with Crippen LogP contribution in [-0.4, -0.2) is 36.2 Å². The van der Waals surface area contributed by atoms with E-state index in [9.17, 15) is 19.2 Å². The van der Waals surface area contributed by atoms with Gasteiger partial charge in [-0.2, -0.15) is 0 Å². The van der Waals surface area contributed by atoms with Crippen LogP contribution in [0, 0.1) is 28.6 Å². The van der Waals surface area contributed by atoms with Gasteiger partial charge in [-0.3, -0.25) is 14.4 Å². The molecular weight excluding hydrogens is 384 g/mol. The van der Waals surface area contributed by atoms with Crippen LogP contribution in [-0.2, 0) is 28.7 Å². The van der Waals surface area contributed by atoms with Crippen LogP contribution in [0.2, 0.25) is 0 Å². The first kappa shape index (κ1) is 21.3. The van der Waals surface area contributed by atoms with Gasteiger partial charge in [0.05, 0.1) is 7.11 Å². The molecule has 4 aliphatic rings. The monoisotopic (exact) mass is 416 g/mol. The highest BCUT2D eigenvalue weighted by Crippen LogP contribution is 2.68. The summed E-state index contributed by atoms with van der Waals surface area (Å²) in [6.45, 7) is 5.63. The van der Waals surface area contributed by atoms with Crippen molar-refractivity contribution in [1.82, 2.24) is 0 Å². The van der Waals surface area contributed by atoms with Crippen LogP contribution < -0.4 is 0 Å². The van der Waals surface area contributed by atoms with Crippen LogP contribution in [0.1, 0.15) is 72.1 Å². The topological polar surface area (TPSA) is 86.7 Å². The van der Waals surface area contributed by atoms with Gasteiger partial charge in [0, 0.05) is 18.8 Å².